The number of carboxylic acids is 1. The highest BCUT2D eigenvalue weighted by Gasteiger charge is 2.07. The van der Waals surface area contributed by atoms with Crippen LogP contribution in [-0.2, 0) is 4.79 Å². The van der Waals surface area contributed by atoms with Gasteiger partial charge in [0.2, 0.25) is 0 Å². The predicted molar refractivity (Wildman–Crippen MR) is 43.2 cm³/mol. The molecule has 0 amide bonds. The largest absolute Gasteiger partial charge is 0.481 e. The van der Waals surface area contributed by atoms with E-state index in [2.05, 4.69) is 6.58 Å². The number of aliphatic carboxylic acids is 1. The van der Waals surface area contributed by atoms with Crippen LogP contribution < -0.4 is 0 Å². The fourth-order valence-electron chi connectivity index (χ4n) is 0.990. The lowest BCUT2D eigenvalue weighted by molar-refractivity contribution is -0.136. The summed E-state index contributed by atoms with van der Waals surface area (Å²) in [5, 5.41) is 8.48. The lowest BCUT2D eigenvalue weighted by atomic mass is 9.97. The number of rotatable bonds is 2. The van der Waals surface area contributed by atoms with Crippen molar-refractivity contribution in [2.24, 2.45) is 0 Å². The third-order valence-electron chi connectivity index (χ3n) is 1.59. The van der Waals surface area contributed by atoms with E-state index < -0.39 is 5.97 Å². The van der Waals surface area contributed by atoms with E-state index in [9.17, 15) is 4.79 Å². The van der Waals surface area contributed by atoms with E-state index in [0.29, 0.717) is 0 Å². The van der Waals surface area contributed by atoms with Crippen molar-refractivity contribution in [3.63, 3.8) is 0 Å². The highest BCUT2D eigenvalue weighted by atomic mass is 16.4. The van der Waals surface area contributed by atoms with Crippen LogP contribution in [0.5, 0.6) is 0 Å². The second kappa shape index (κ2) is 3.19. The van der Waals surface area contributed by atoms with Crippen LogP contribution in [0.2, 0.25) is 0 Å². The number of carbonyl (C=O) groups is 1. The zero-order valence-electron chi connectivity index (χ0n) is 6.21. The molecule has 2 heteroatoms. The molecule has 0 bridgehead atoms. The minimum absolute atomic E-state index is 0.0865. The summed E-state index contributed by atoms with van der Waals surface area (Å²) >= 11 is 0. The van der Waals surface area contributed by atoms with Gasteiger partial charge < -0.3 is 5.11 Å². The molecule has 0 saturated carbocycles. The monoisotopic (exact) mass is 150 g/mol. The maximum absolute atomic E-state index is 10.3. The molecule has 2 nitrogen and oxygen atoms in total. The van der Waals surface area contributed by atoms with Gasteiger partial charge in [-0.25, -0.2) is 0 Å². The molecule has 0 aromatic rings. The van der Waals surface area contributed by atoms with E-state index in [1.165, 1.54) is 0 Å². The highest BCUT2D eigenvalue weighted by molar-refractivity contribution is 5.72. The van der Waals surface area contributed by atoms with Crippen molar-refractivity contribution < 1.29 is 9.90 Å². The van der Waals surface area contributed by atoms with Crippen molar-refractivity contribution in [3.05, 3.63) is 36.0 Å². The fourth-order valence-corrected chi connectivity index (χ4v) is 0.990. The van der Waals surface area contributed by atoms with Crippen LogP contribution in [0.1, 0.15) is 12.8 Å². The van der Waals surface area contributed by atoms with Gasteiger partial charge in [-0.2, -0.15) is 0 Å². The predicted octanol–water partition coefficient (Wildman–Crippen LogP) is 1.90. The molecule has 0 saturated heterocycles. The molecule has 1 N–H and O–H groups in total. The average Bonchev–Trinajstić information content (AvgIpc) is 1.93. The molecule has 0 heterocycles. The topological polar surface area (TPSA) is 37.3 Å². The molecule has 0 fully saturated rings. The molecule has 0 aliphatic heterocycles. The van der Waals surface area contributed by atoms with E-state index in [1.807, 2.05) is 12.2 Å². The first kappa shape index (κ1) is 7.79. The van der Waals surface area contributed by atoms with Crippen LogP contribution in [0.25, 0.3) is 0 Å². The maximum atomic E-state index is 10.3. The number of carboxylic acid groups (broad SMARTS) is 1. The summed E-state index contributed by atoms with van der Waals surface area (Å²) in [6, 6.07) is 0. The van der Waals surface area contributed by atoms with Crippen LogP contribution >= 0.6 is 0 Å². The summed E-state index contributed by atoms with van der Waals surface area (Å²) in [4.78, 5) is 10.3. The molecule has 1 aliphatic carbocycles. The van der Waals surface area contributed by atoms with Crippen molar-refractivity contribution in [1.29, 1.82) is 0 Å². The Hall–Kier alpha value is -1.31. The second-order valence-corrected chi connectivity index (χ2v) is 2.50. The van der Waals surface area contributed by atoms with Gasteiger partial charge in [-0.1, -0.05) is 24.8 Å². The molecule has 58 valence electrons. The molecular weight excluding hydrogens is 140 g/mol. The van der Waals surface area contributed by atoms with Crippen molar-refractivity contribution in [2.75, 3.05) is 0 Å². The summed E-state index contributed by atoms with van der Waals surface area (Å²) in [7, 11) is 0. The highest BCUT2D eigenvalue weighted by Crippen LogP contribution is 2.19. The number of hydrogen-bond acceptors (Lipinski definition) is 1. The molecule has 0 atom stereocenters. The van der Waals surface area contributed by atoms with Crippen molar-refractivity contribution >= 4 is 5.97 Å². The number of allylic oxidation sites excluding steroid dienone is 4. The minimum Gasteiger partial charge on any atom is -0.481 e. The Labute approximate surface area is 65.5 Å². The first-order valence-corrected chi connectivity index (χ1v) is 3.46. The molecule has 0 radical (unpaired) electrons. The molecule has 0 spiro atoms. The van der Waals surface area contributed by atoms with E-state index in [-0.39, 0.29) is 6.42 Å². The van der Waals surface area contributed by atoms with Gasteiger partial charge in [-0.05, 0) is 17.6 Å². The Balaban J connectivity index is 2.68. The van der Waals surface area contributed by atoms with E-state index in [4.69, 9.17) is 5.11 Å². The SMILES string of the molecule is C=C1CC=CC=C1CC(=O)O. The smallest absolute Gasteiger partial charge is 0.307 e. The fraction of sp³-hybridized carbons (Fsp3) is 0.222. The minimum atomic E-state index is -0.798. The Kier molecular flexibility index (Phi) is 2.26. The van der Waals surface area contributed by atoms with E-state index in [0.717, 1.165) is 17.6 Å². The Morgan fingerprint density at radius 1 is 1.73 bits per heavy atom. The quantitative estimate of drug-likeness (QED) is 0.652. The second-order valence-electron chi connectivity index (χ2n) is 2.50. The lowest BCUT2D eigenvalue weighted by Gasteiger charge is -2.08. The Bertz CT molecular complexity index is 246. The lowest BCUT2D eigenvalue weighted by Crippen LogP contribution is -2.00. The first-order valence-electron chi connectivity index (χ1n) is 3.46. The molecule has 11 heavy (non-hydrogen) atoms. The molecular formula is C9H10O2. The van der Waals surface area contributed by atoms with Crippen molar-refractivity contribution in [1.82, 2.24) is 0 Å². The third kappa shape index (κ3) is 2.08. The molecule has 0 aromatic heterocycles. The van der Waals surface area contributed by atoms with Crippen LogP contribution in [0.3, 0.4) is 0 Å². The summed E-state index contributed by atoms with van der Waals surface area (Å²) in [6.45, 7) is 3.77. The summed E-state index contributed by atoms with van der Waals surface area (Å²) < 4.78 is 0. The molecule has 1 aliphatic rings. The van der Waals surface area contributed by atoms with E-state index >= 15 is 0 Å². The van der Waals surface area contributed by atoms with Gasteiger partial charge in [0.25, 0.3) is 0 Å². The Morgan fingerprint density at radius 2 is 2.45 bits per heavy atom. The normalized spacial score (nSPS) is 16.4. The van der Waals surface area contributed by atoms with Gasteiger partial charge in [0, 0.05) is 0 Å². The first-order chi connectivity index (χ1) is 5.20. The third-order valence-corrected chi connectivity index (χ3v) is 1.59. The van der Waals surface area contributed by atoms with Gasteiger partial charge in [0.15, 0.2) is 0 Å². The number of hydrogen-bond donors (Lipinski definition) is 1. The summed E-state index contributed by atoms with van der Waals surface area (Å²) in [5.41, 5.74) is 1.75. The Morgan fingerprint density at radius 3 is 3.00 bits per heavy atom. The van der Waals surface area contributed by atoms with E-state index in [1.54, 1.807) is 6.08 Å². The van der Waals surface area contributed by atoms with Gasteiger partial charge >= 0.3 is 5.97 Å². The van der Waals surface area contributed by atoms with Gasteiger partial charge in [-0.3, -0.25) is 4.79 Å². The maximum Gasteiger partial charge on any atom is 0.307 e. The van der Waals surface area contributed by atoms with Crippen LogP contribution in [0.4, 0.5) is 0 Å². The zero-order chi connectivity index (χ0) is 8.27. The van der Waals surface area contributed by atoms with Crippen molar-refractivity contribution in [3.8, 4) is 0 Å². The van der Waals surface area contributed by atoms with Gasteiger partial charge in [0.05, 0.1) is 6.42 Å². The van der Waals surface area contributed by atoms with Gasteiger partial charge in [-0.15, -0.1) is 0 Å². The molecule has 0 unspecified atom stereocenters. The van der Waals surface area contributed by atoms with Crippen molar-refractivity contribution in [2.45, 2.75) is 12.8 Å². The average molecular weight is 150 g/mol. The molecule has 0 aromatic carbocycles. The standard InChI is InChI=1S/C9H10O2/c1-7-4-2-3-5-8(7)6-9(10)11/h2-3,5H,1,4,6H2,(H,10,11). The van der Waals surface area contributed by atoms with Crippen LogP contribution in [-0.4, -0.2) is 11.1 Å². The molecule has 1 rings (SSSR count). The van der Waals surface area contributed by atoms with Crippen LogP contribution in [0.15, 0.2) is 36.0 Å². The summed E-state index contributed by atoms with van der Waals surface area (Å²) in [5.74, 6) is -0.798. The van der Waals surface area contributed by atoms with Crippen LogP contribution in [0, 0.1) is 0 Å². The van der Waals surface area contributed by atoms with Gasteiger partial charge in [0.1, 0.15) is 0 Å². The zero-order valence-corrected chi connectivity index (χ0v) is 6.21. The summed E-state index contributed by atoms with van der Waals surface area (Å²) in [6.07, 6.45) is 6.50.